The van der Waals surface area contributed by atoms with E-state index in [1.165, 1.54) is 17.0 Å². The standard InChI is InChI=1S/C21H20FN3O2/c1-13(17-6-4-3-5-15(17)12-23)19-21(27)25(2)18(20(26)24-19)11-14-7-9-16(22)10-8-14/h3-10,13,18-19H,11H2,1-2H3,(H,24,26). The highest BCUT2D eigenvalue weighted by Crippen LogP contribution is 2.27. The molecule has 2 aromatic rings. The molecule has 5 nitrogen and oxygen atoms in total. The van der Waals surface area contributed by atoms with E-state index in [0.717, 1.165) is 11.1 Å². The second kappa shape index (κ2) is 7.58. The number of carbonyl (C=O) groups is 2. The molecule has 1 saturated heterocycles. The van der Waals surface area contributed by atoms with Gasteiger partial charge in [0.05, 0.1) is 11.6 Å². The second-order valence-corrected chi connectivity index (χ2v) is 6.77. The van der Waals surface area contributed by atoms with Gasteiger partial charge in [-0.25, -0.2) is 4.39 Å². The number of halogens is 1. The van der Waals surface area contributed by atoms with Crippen molar-refractivity contribution in [1.29, 1.82) is 5.26 Å². The highest BCUT2D eigenvalue weighted by molar-refractivity contribution is 5.97. The molecule has 3 rings (SSSR count). The first-order chi connectivity index (χ1) is 12.9. The lowest BCUT2D eigenvalue weighted by molar-refractivity contribution is -0.148. The lowest BCUT2D eigenvalue weighted by atomic mass is 9.87. The number of benzene rings is 2. The van der Waals surface area contributed by atoms with Gasteiger partial charge in [-0.2, -0.15) is 5.26 Å². The van der Waals surface area contributed by atoms with E-state index in [2.05, 4.69) is 11.4 Å². The van der Waals surface area contributed by atoms with E-state index >= 15 is 0 Å². The number of piperazine rings is 1. The first-order valence-electron chi connectivity index (χ1n) is 8.73. The topological polar surface area (TPSA) is 73.2 Å². The van der Waals surface area contributed by atoms with Crippen LogP contribution in [-0.2, 0) is 16.0 Å². The molecule has 1 heterocycles. The number of nitrogens with one attached hydrogen (secondary N) is 1. The Morgan fingerprint density at radius 2 is 1.85 bits per heavy atom. The van der Waals surface area contributed by atoms with Crippen LogP contribution in [-0.4, -0.2) is 35.8 Å². The molecule has 0 saturated carbocycles. The SMILES string of the molecule is CC(c1ccccc1C#N)C1NC(=O)C(Cc2ccc(F)cc2)N(C)C1=O. The highest BCUT2D eigenvalue weighted by Gasteiger charge is 2.41. The van der Waals surface area contributed by atoms with Gasteiger partial charge in [0.1, 0.15) is 17.9 Å². The minimum atomic E-state index is -0.735. The molecule has 1 aliphatic heterocycles. The van der Waals surface area contributed by atoms with E-state index in [0.29, 0.717) is 12.0 Å². The Morgan fingerprint density at radius 3 is 2.52 bits per heavy atom. The van der Waals surface area contributed by atoms with Gasteiger partial charge in [-0.05, 0) is 29.3 Å². The molecule has 1 N–H and O–H groups in total. The van der Waals surface area contributed by atoms with E-state index < -0.39 is 12.1 Å². The summed E-state index contributed by atoms with van der Waals surface area (Å²) in [5.74, 6) is -1.15. The van der Waals surface area contributed by atoms with Crippen molar-refractivity contribution in [2.24, 2.45) is 0 Å². The van der Waals surface area contributed by atoms with E-state index in [1.54, 1.807) is 37.4 Å². The Labute approximate surface area is 157 Å². The van der Waals surface area contributed by atoms with Crippen LogP contribution < -0.4 is 5.32 Å². The smallest absolute Gasteiger partial charge is 0.246 e. The number of nitrogens with zero attached hydrogens (tertiary/aromatic N) is 2. The Balaban J connectivity index is 1.80. The van der Waals surface area contributed by atoms with Gasteiger partial charge in [-0.1, -0.05) is 37.3 Å². The Hall–Kier alpha value is -3.20. The largest absolute Gasteiger partial charge is 0.342 e. The molecule has 2 aromatic carbocycles. The van der Waals surface area contributed by atoms with Crippen molar-refractivity contribution < 1.29 is 14.0 Å². The van der Waals surface area contributed by atoms with Gasteiger partial charge in [0.2, 0.25) is 11.8 Å². The van der Waals surface area contributed by atoms with Crippen LogP contribution in [0.4, 0.5) is 4.39 Å². The molecule has 3 unspecified atom stereocenters. The van der Waals surface area contributed by atoms with E-state index in [1.807, 2.05) is 13.0 Å². The predicted octanol–water partition coefficient (Wildman–Crippen LogP) is 2.37. The minimum Gasteiger partial charge on any atom is -0.342 e. The molecule has 0 aromatic heterocycles. The quantitative estimate of drug-likeness (QED) is 0.904. The third kappa shape index (κ3) is 3.68. The Bertz CT molecular complexity index is 904. The molecule has 2 amide bonds. The normalized spacial score (nSPS) is 20.7. The summed E-state index contributed by atoms with van der Waals surface area (Å²) in [5, 5.41) is 12.1. The van der Waals surface area contributed by atoms with Gasteiger partial charge in [-0.3, -0.25) is 9.59 Å². The van der Waals surface area contributed by atoms with Crippen molar-refractivity contribution in [3.8, 4) is 6.07 Å². The molecule has 0 spiro atoms. The number of hydrogen-bond acceptors (Lipinski definition) is 3. The fourth-order valence-electron chi connectivity index (χ4n) is 3.45. The van der Waals surface area contributed by atoms with E-state index in [4.69, 9.17) is 0 Å². The molecule has 27 heavy (non-hydrogen) atoms. The summed E-state index contributed by atoms with van der Waals surface area (Å²) in [7, 11) is 1.60. The van der Waals surface area contributed by atoms with Crippen LogP contribution in [0.3, 0.4) is 0 Å². The third-order valence-electron chi connectivity index (χ3n) is 5.10. The number of hydrogen-bond donors (Lipinski definition) is 1. The lowest BCUT2D eigenvalue weighted by Gasteiger charge is -2.39. The van der Waals surface area contributed by atoms with Gasteiger partial charge in [0.25, 0.3) is 0 Å². The molecular formula is C21H20FN3O2. The van der Waals surface area contributed by atoms with Crippen molar-refractivity contribution in [3.63, 3.8) is 0 Å². The number of carbonyl (C=O) groups excluding carboxylic acids is 2. The van der Waals surface area contributed by atoms with Crippen molar-refractivity contribution in [2.45, 2.75) is 31.3 Å². The monoisotopic (exact) mass is 365 g/mol. The summed E-state index contributed by atoms with van der Waals surface area (Å²) in [4.78, 5) is 27.0. The third-order valence-corrected chi connectivity index (χ3v) is 5.10. The van der Waals surface area contributed by atoms with Crippen LogP contribution in [0.15, 0.2) is 48.5 Å². The molecule has 6 heteroatoms. The van der Waals surface area contributed by atoms with Crippen molar-refractivity contribution in [3.05, 3.63) is 71.0 Å². The maximum Gasteiger partial charge on any atom is 0.246 e. The van der Waals surface area contributed by atoms with Crippen LogP contribution in [0, 0.1) is 17.1 Å². The van der Waals surface area contributed by atoms with Gasteiger partial charge in [0, 0.05) is 19.4 Å². The number of rotatable bonds is 4. The highest BCUT2D eigenvalue weighted by atomic mass is 19.1. The Morgan fingerprint density at radius 1 is 1.19 bits per heavy atom. The number of nitriles is 1. The molecule has 3 atom stereocenters. The summed E-state index contributed by atoms with van der Waals surface area (Å²) in [5.41, 5.74) is 1.99. The van der Waals surface area contributed by atoms with Gasteiger partial charge in [-0.15, -0.1) is 0 Å². The second-order valence-electron chi connectivity index (χ2n) is 6.77. The fourth-order valence-corrected chi connectivity index (χ4v) is 3.45. The first kappa shape index (κ1) is 18.6. The van der Waals surface area contributed by atoms with Crippen LogP contribution in [0.2, 0.25) is 0 Å². The average molecular weight is 365 g/mol. The van der Waals surface area contributed by atoms with Crippen LogP contribution in [0.1, 0.15) is 29.5 Å². The summed E-state index contributed by atoms with van der Waals surface area (Å²) in [6.07, 6.45) is 0.310. The minimum absolute atomic E-state index is 0.207. The Kier molecular flexibility index (Phi) is 5.22. The molecule has 1 fully saturated rings. The summed E-state index contributed by atoms with van der Waals surface area (Å²) in [6, 6.07) is 13.7. The van der Waals surface area contributed by atoms with Crippen LogP contribution >= 0.6 is 0 Å². The molecule has 138 valence electrons. The molecule has 0 radical (unpaired) electrons. The first-order valence-corrected chi connectivity index (χ1v) is 8.73. The van der Waals surface area contributed by atoms with Gasteiger partial charge < -0.3 is 10.2 Å². The van der Waals surface area contributed by atoms with Crippen molar-refractivity contribution >= 4 is 11.8 Å². The molecule has 1 aliphatic rings. The van der Waals surface area contributed by atoms with Crippen molar-refractivity contribution in [2.75, 3.05) is 7.05 Å². The van der Waals surface area contributed by atoms with E-state index in [9.17, 15) is 19.2 Å². The van der Waals surface area contributed by atoms with Crippen LogP contribution in [0.25, 0.3) is 0 Å². The summed E-state index contributed by atoms with van der Waals surface area (Å²) < 4.78 is 13.1. The van der Waals surface area contributed by atoms with E-state index in [-0.39, 0.29) is 23.5 Å². The maximum absolute atomic E-state index is 13.1. The zero-order valence-electron chi connectivity index (χ0n) is 15.1. The number of likely N-dealkylation sites (N-methyl/N-ethyl adjacent to an activating group) is 1. The fraction of sp³-hybridized carbons (Fsp3) is 0.286. The van der Waals surface area contributed by atoms with Crippen LogP contribution in [0.5, 0.6) is 0 Å². The lowest BCUT2D eigenvalue weighted by Crippen LogP contribution is -2.63. The maximum atomic E-state index is 13.1. The summed E-state index contributed by atoms with van der Waals surface area (Å²) >= 11 is 0. The van der Waals surface area contributed by atoms with Gasteiger partial charge in [0.15, 0.2) is 0 Å². The molecular weight excluding hydrogens is 345 g/mol. The zero-order valence-corrected chi connectivity index (χ0v) is 15.1. The summed E-state index contributed by atoms with van der Waals surface area (Å²) in [6.45, 7) is 1.83. The molecule has 0 aliphatic carbocycles. The zero-order chi connectivity index (χ0) is 19.6. The molecule has 0 bridgehead atoms. The number of amides is 2. The predicted molar refractivity (Wildman–Crippen MR) is 98.2 cm³/mol. The average Bonchev–Trinajstić information content (AvgIpc) is 2.69. The van der Waals surface area contributed by atoms with Gasteiger partial charge >= 0.3 is 0 Å². The van der Waals surface area contributed by atoms with Crippen molar-refractivity contribution in [1.82, 2.24) is 10.2 Å².